The van der Waals surface area contributed by atoms with Gasteiger partial charge in [0.2, 0.25) is 11.8 Å². The third-order valence-corrected chi connectivity index (χ3v) is 5.35. The summed E-state index contributed by atoms with van der Waals surface area (Å²) < 4.78 is 0. The maximum atomic E-state index is 12.3. The third-order valence-electron chi connectivity index (χ3n) is 5.35. The predicted molar refractivity (Wildman–Crippen MR) is 96.7 cm³/mol. The maximum absolute atomic E-state index is 12.3. The molecular weight excluding hydrogens is 316 g/mol. The fourth-order valence-corrected chi connectivity index (χ4v) is 3.83. The molecule has 0 unspecified atom stereocenters. The number of likely N-dealkylation sites (N-methyl/N-ethyl adjacent to an activating group) is 1. The molecule has 1 aromatic rings. The number of Topliss-reactive ketones (excluding diaryl/α,β-unsaturated/α-hetero) is 1. The van der Waals surface area contributed by atoms with Gasteiger partial charge < -0.3 is 10.2 Å². The quantitative estimate of drug-likeness (QED) is 0.809. The molecule has 1 aromatic carbocycles. The summed E-state index contributed by atoms with van der Waals surface area (Å²) in [6.45, 7) is 0.375. The molecule has 1 heterocycles. The summed E-state index contributed by atoms with van der Waals surface area (Å²) in [5.74, 6) is 0.619. The number of rotatable bonds is 6. The van der Waals surface area contributed by atoms with E-state index in [4.69, 9.17) is 0 Å². The van der Waals surface area contributed by atoms with Crippen molar-refractivity contribution < 1.29 is 14.4 Å². The molecule has 1 aliphatic carbocycles. The highest BCUT2D eigenvalue weighted by molar-refractivity contribution is 6.03. The van der Waals surface area contributed by atoms with Crippen LogP contribution in [-0.4, -0.2) is 31.2 Å². The summed E-state index contributed by atoms with van der Waals surface area (Å²) in [4.78, 5) is 37.7. The number of fused-ring (bicyclic) bond motifs is 1. The molecule has 134 valence electrons. The Morgan fingerprint density at radius 3 is 2.72 bits per heavy atom. The standard InChI is InChI=1S/C20H26N2O3/c1-22-17-8-7-15(12-16(17)13-20(22)25)18(23)9-10-21-19(24)11-14-5-3-2-4-6-14/h7-8,12,14H,2-6,9-11,13H2,1H3,(H,21,24). The lowest BCUT2D eigenvalue weighted by Gasteiger charge is -2.20. The zero-order valence-corrected chi connectivity index (χ0v) is 14.8. The minimum Gasteiger partial charge on any atom is -0.356 e. The summed E-state index contributed by atoms with van der Waals surface area (Å²) in [6, 6.07) is 5.40. The molecular formula is C20H26N2O3. The zero-order chi connectivity index (χ0) is 17.8. The van der Waals surface area contributed by atoms with Gasteiger partial charge in [-0.15, -0.1) is 0 Å². The number of benzene rings is 1. The van der Waals surface area contributed by atoms with Crippen molar-refractivity contribution in [2.24, 2.45) is 5.92 Å². The van der Waals surface area contributed by atoms with Gasteiger partial charge in [-0.1, -0.05) is 19.3 Å². The second kappa shape index (κ2) is 7.81. The van der Waals surface area contributed by atoms with Crippen LogP contribution in [0.15, 0.2) is 18.2 Å². The van der Waals surface area contributed by atoms with Gasteiger partial charge >= 0.3 is 0 Å². The van der Waals surface area contributed by atoms with Crippen LogP contribution in [0.25, 0.3) is 0 Å². The number of carbonyl (C=O) groups is 3. The highest BCUT2D eigenvalue weighted by Crippen LogP contribution is 2.28. The number of nitrogens with one attached hydrogen (secondary N) is 1. The van der Waals surface area contributed by atoms with Crippen LogP contribution < -0.4 is 10.2 Å². The number of hydrogen-bond donors (Lipinski definition) is 1. The van der Waals surface area contributed by atoms with Crippen LogP contribution >= 0.6 is 0 Å². The SMILES string of the molecule is CN1C(=O)Cc2cc(C(=O)CCNC(=O)CC3CCCCC3)ccc21. The lowest BCUT2D eigenvalue weighted by molar-refractivity contribution is -0.122. The second-order valence-corrected chi connectivity index (χ2v) is 7.20. The van der Waals surface area contributed by atoms with Crippen molar-refractivity contribution in [1.82, 2.24) is 5.32 Å². The molecule has 0 spiro atoms. The van der Waals surface area contributed by atoms with Gasteiger partial charge in [0.15, 0.2) is 5.78 Å². The molecule has 1 saturated carbocycles. The van der Waals surface area contributed by atoms with E-state index >= 15 is 0 Å². The van der Waals surface area contributed by atoms with Crippen LogP contribution in [-0.2, 0) is 16.0 Å². The van der Waals surface area contributed by atoms with E-state index in [9.17, 15) is 14.4 Å². The normalized spacial score (nSPS) is 17.5. The van der Waals surface area contributed by atoms with Crippen LogP contribution in [0.2, 0.25) is 0 Å². The molecule has 1 fully saturated rings. The van der Waals surface area contributed by atoms with Gasteiger partial charge in [0.05, 0.1) is 6.42 Å². The Labute approximate surface area is 148 Å². The Balaban J connectivity index is 1.46. The summed E-state index contributed by atoms with van der Waals surface area (Å²) in [5.41, 5.74) is 2.39. The largest absolute Gasteiger partial charge is 0.356 e. The van der Waals surface area contributed by atoms with Gasteiger partial charge in [-0.3, -0.25) is 14.4 Å². The smallest absolute Gasteiger partial charge is 0.231 e. The molecule has 0 atom stereocenters. The Morgan fingerprint density at radius 1 is 1.20 bits per heavy atom. The van der Waals surface area contributed by atoms with Gasteiger partial charge in [0.1, 0.15) is 0 Å². The molecule has 5 heteroatoms. The average molecular weight is 342 g/mol. The fraction of sp³-hybridized carbons (Fsp3) is 0.550. The number of carbonyl (C=O) groups excluding carboxylic acids is 3. The second-order valence-electron chi connectivity index (χ2n) is 7.20. The molecule has 1 aliphatic heterocycles. The van der Waals surface area contributed by atoms with Crippen LogP contribution in [0.4, 0.5) is 5.69 Å². The van der Waals surface area contributed by atoms with E-state index in [0.717, 1.165) is 24.1 Å². The molecule has 2 aliphatic rings. The lowest BCUT2D eigenvalue weighted by Crippen LogP contribution is -2.28. The van der Waals surface area contributed by atoms with E-state index in [1.165, 1.54) is 19.3 Å². The summed E-state index contributed by atoms with van der Waals surface area (Å²) in [5, 5.41) is 2.87. The van der Waals surface area contributed by atoms with Crippen molar-refractivity contribution >= 4 is 23.3 Å². The van der Waals surface area contributed by atoms with E-state index in [2.05, 4.69) is 5.32 Å². The molecule has 0 bridgehead atoms. The topological polar surface area (TPSA) is 66.5 Å². The first-order chi connectivity index (χ1) is 12.0. The van der Waals surface area contributed by atoms with Crippen molar-refractivity contribution in [3.8, 4) is 0 Å². The molecule has 25 heavy (non-hydrogen) atoms. The Hall–Kier alpha value is -2.17. The summed E-state index contributed by atoms with van der Waals surface area (Å²) >= 11 is 0. The Kier molecular flexibility index (Phi) is 5.51. The van der Waals surface area contributed by atoms with Gasteiger partial charge in [-0.05, 0) is 42.5 Å². The predicted octanol–water partition coefficient (Wildman–Crippen LogP) is 2.86. The lowest BCUT2D eigenvalue weighted by atomic mass is 9.87. The monoisotopic (exact) mass is 342 g/mol. The molecule has 3 rings (SSSR count). The van der Waals surface area contributed by atoms with E-state index in [0.29, 0.717) is 37.3 Å². The third kappa shape index (κ3) is 4.27. The number of nitrogens with zero attached hydrogens (tertiary/aromatic N) is 1. The number of hydrogen-bond acceptors (Lipinski definition) is 3. The van der Waals surface area contributed by atoms with E-state index in [1.807, 2.05) is 12.1 Å². The molecule has 0 radical (unpaired) electrons. The summed E-state index contributed by atoms with van der Waals surface area (Å²) in [7, 11) is 1.75. The van der Waals surface area contributed by atoms with Crippen molar-refractivity contribution in [3.63, 3.8) is 0 Å². The zero-order valence-electron chi connectivity index (χ0n) is 14.8. The van der Waals surface area contributed by atoms with E-state index in [1.54, 1.807) is 18.0 Å². The van der Waals surface area contributed by atoms with Gasteiger partial charge in [-0.2, -0.15) is 0 Å². The minimum atomic E-state index is 0.00256. The molecule has 0 aromatic heterocycles. The van der Waals surface area contributed by atoms with Crippen LogP contribution in [0, 0.1) is 5.92 Å². The van der Waals surface area contributed by atoms with Crippen molar-refractivity contribution in [1.29, 1.82) is 0 Å². The van der Waals surface area contributed by atoms with Crippen molar-refractivity contribution in [3.05, 3.63) is 29.3 Å². The molecule has 2 amide bonds. The minimum absolute atomic E-state index is 0.00256. The van der Waals surface area contributed by atoms with Crippen molar-refractivity contribution in [2.75, 3.05) is 18.5 Å². The number of ketones is 1. The molecule has 5 nitrogen and oxygen atoms in total. The summed E-state index contributed by atoms with van der Waals surface area (Å²) in [6.07, 6.45) is 7.27. The average Bonchev–Trinajstić information content (AvgIpc) is 2.89. The van der Waals surface area contributed by atoms with Crippen LogP contribution in [0.3, 0.4) is 0 Å². The Bertz CT molecular complexity index is 678. The highest BCUT2D eigenvalue weighted by Gasteiger charge is 2.24. The van der Waals surface area contributed by atoms with E-state index < -0.39 is 0 Å². The fourth-order valence-electron chi connectivity index (χ4n) is 3.83. The van der Waals surface area contributed by atoms with Crippen molar-refractivity contribution in [2.45, 2.75) is 51.4 Å². The van der Waals surface area contributed by atoms with Gasteiger partial charge in [0, 0.05) is 37.7 Å². The first kappa shape index (κ1) is 17.6. The first-order valence-electron chi connectivity index (χ1n) is 9.24. The van der Waals surface area contributed by atoms with E-state index in [-0.39, 0.29) is 17.6 Å². The number of amides is 2. The molecule has 0 saturated heterocycles. The Morgan fingerprint density at radius 2 is 1.96 bits per heavy atom. The van der Waals surface area contributed by atoms with Gasteiger partial charge in [0.25, 0.3) is 0 Å². The van der Waals surface area contributed by atoms with Gasteiger partial charge in [-0.25, -0.2) is 0 Å². The maximum Gasteiger partial charge on any atom is 0.231 e. The van der Waals surface area contributed by atoms with Crippen LogP contribution in [0.1, 0.15) is 60.9 Å². The highest BCUT2D eigenvalue weighted by atomic mass is 16.2. The first-order valence-corrected chi connectivity index (χ1v) is 9.24. The van der Waals surface area contributed by atoms with Crippen LogP contribution in [0.5, 0.6) is 0 Å². The molecule has 1 N–H and O–H groups in total. The number of anilines is 1.